The van der Waals surface area contributed by atoms with E-state index >= 15 is 0 Å². The number of ether oxygens (including phenoxy) is 1. The Balaban J connectivity index is 3.87. The summed E-state index contributed by atoms with van der Waals surface area (Å²) < 4.78 is 5.33. The monoisotopic (exact) mass is 160 g/mol. The molecule has 2 heteroatoms. The lowest BCUT2D eigenvalue weighted by molar-refractivity contribution is -0.0278. The fraction of sp³-hybridized carbons (Fsp3) is 1.00. The number of methoxy groups -OCH3 is 1. The Hall–Kier alpha value is -0.0800. The quantitative estimate of drug-likeness (QED) is 0.664. The fourth-order valence-corrected chi connectivity index (χ4v) is 1.39. The standard InChI is InChI=1S/C9H20O2/c1-8(2)7-9(3,11-4)5-6-10/h8,10H,5-7H2,1-4H3. The summed E-state index contributed by atoms with van der Waals surface area (Å²) >= 11 is 0. The van der Waals surface area contributed by atoms with Gasteiger partial charge in [0.05, 0.1) is 5.60 Å². The van der Waals surface area contributed by atoms with Crippen molar-refractivity contribution in [3.8, 4) is 0 Å². The van der Waals surface area contributed by atoms with Crippen LogP contribution in [0.1, 0.15) is 33.6 Å². The van der Waals surface area contributed by atoms with Crippen molar-refractivity contribution in [1.82, 2.24) is 0 Å². The Morgan fingerprint density at radius 1 is 1.45 bits per heavy atom. The third-order valence-corrected chi connectivity index (χ3v) is 1.97. The molecule has 2 nitrogen and oxygen atoms in total. The molecule has 0 fully saturated rings. The van der Waals surface area contributed by atoms with Crippen LogP contribution in [0.2, 0.25) is 0 Å². The maximum atomic E-state index is 8.77. The first kappa shape index (κ1) is 10.9. The molecule has 0 aromatic carbocycles. The van der Waals surface area contributed by atoms with Crippen LogP contribution in [0.25, 0.3) is 0 Å². The highest BCUT2D eigenvalue weighted by Crippen LogP contribution is 2.23. The molecule has 0 aliphatic heterocycles. The van der Waals surface area contributed by atoms with Gasteiger partial charge in [0.25, 0.3) is 0 Å². The molecule has 1 N–H and O–H groups in total. The Morgan fingerprint density at radius 3 is 2.27 bits per heavy atom. The lowest BCUT2D eigenvalue weighted by Crippen LogP contribution is -2.30. The highest BCUT2D eigenvalue weighted by atomic mass is 16.5. The van der Waals surface area contributed by atoms with E-state index in [9.17, 15) is 0 Å². The Labute approximate surface area is 69.6 Å². The summed E-state index contributed by atoms with van der Waals surface area (Å²) in [5, 5.41) is 8.77. The van der Waals surface area contributed by atoms with Crippen molar-refractivity contribution in [1.29, 1.82) is 0 Å². The first-order valence-corrected chi connectivity index (χ1v) is 4.20. The van der Waals surface area contributed by atoms with Gasteiger partial charge in [0.2, 0.25) is 0 Å². The summed E-state index contributed by atoms with van der Waals surface area (Å²) in [5.41, 5.74) is -0.136. The molecule has 0 aromatic heterocycles. The van der Waals surface area contributed by atoms with Crippen LogP contribution in [-0.2, 0) is 4.74 Å². The van der Waals surface area contributed by atoms with Crippen LogP contribution >= 0.6 is 0 Å². The topological polar surface area (TPSA) is 29.5 Å². The summed E-state index contributed by atoms with van der Waals surface area (Å²) in [6.45, 7) is 6.57. The summed E-state index contributed by atoms with van der Waals surface area (Å²) in [6.07, 6.45) is 1.73. The third kappa shape index (κ3) is 4.38. The van der Waals surface area contributed by atoms with Gasteiger partial charge in [0.15, 0.2) is 0 Å². The van der Waals surface area contributed by atoms with E-state index in [1.165, 1.54) is 0 Å². The van der Waals surface area contributed by atoms with E-state index in [4.69, 9.17) is 9.84 Å². The van der Waals surface area contributed by atoms with Gasteiger partial charge in [-0.05, 0) is 25.7 Å². The second kappa shape index (κ2) is 4.73. The maximum Gasteiger partial charge on any atom is 0.0675 e. The summed E-state index contributed by atoms with van der Waals surface area (Å²) in [6, 6.07) is 0. The van der Waals surface area contributed by atoms with Gasteiger partial charge in [-0.25, -0.2) is 0 Å². The van der Waals surface area contributed by atoms with Gasteiger partial charge in [-0.15, -0.1) is 0 Å². The van der Waals surface area contributed by atoms with Crippen LogP contribution < -0.4 is 0 Å². The molecule has 0 saturated carbocycles. The lowest BCUT2D eigenvalue weighted by atomic mass is 9.91. The van der Waals surface area contributed by atoms with Crippen molar-refractivity contribution in [2.45, 2.75) is 39.2 Å². The van der Waals surface area contributed by atoms with E-state index in [0.717, 1.165) is 12.8 Å². The number of aliphatic hydroxyl groups is 1. The number of aliphatic hydroxyl groups excluding tert-OH is 1. The molecule has 0 spiro atoms. The molecule has 0 radical (unpaired) electrons. The molecule has 68 valence electrons. The van der Waals surface area contributed by atoms with E-state index < -0.39 is 0 Å². The summed E-state index contributed by atoms with van der Waals surface area (Å²) in [7, 11) is 1.71. The van der Waals surface area contributed by atoms with Crippen molar-refractivity contribution in [2.24, 2.45) is 5.92 Å². The largest absolute Gasteiger partial charge is 0.396 e. The van der Waals surface area contributed by atoms with Crippen LogP contribution in [0.5, 0.6) is 0 Å². The molecule has 0 amide bonds. The van der Waals surface area contributed by atoms with E-state index in [1.54, 1.807) is 7.11 Å². The molecule has 0 rings (SSSR count). The van der Waals surface area contributed by atoms with Crippen LogP contribution in [0.15, 0.2) is 0 Å². The number of hydrogen-bond donors (Lipinski definition) is 1. The Kier molecular flexibility index (Phi) is 4.69. The molecular weight excluding hydrogens is 140 g/mol. The van der Waals surface area contributed by atoms with Gasteiger partial charge in [-0.3, -0.25) is 0 Å². The van der Waals surface area contributed by atoms with Gasteiger partial charge in [0.1, 0.15) is 0 Å². The average molecular weight is 160 g/mol. The average Bonchev–Trinajstić information content (AvgIpc) is 1.87. The summed E-state index contributed by atoms with van der Waals surface area (Å²) in [5.74, 6) is 0.617. The van der Waals surface area contributed by atoms with Crippen LogP contribution in [0.3, 0.4) is 0 Å². The maximum absolute atomic E-state index is 8.77. The van der Waals surface area contributed by atoms with Gasteiger partial charge < -0.3 is 9.84 Å². The Bertz CT molecular complexity index is 102. The number of rotatable bonds is 5. The molecular formula is C9H20O2. The minimum Gasteiger partial charge on any atom is -0.396 e. The molecule has 11 heavy (non-hydrogen) atoms. The third-order valence-electron chi connectivity index (χ3n) is 1.97. The van der Waals surface area contributed by atoms with Crippen molar-refractivity contribution < 1.29 is 9.84 Å². The molecule has 0 heterocycles. The molecule has 1 unspecified atom stereocenters. The first-order chi connectivity index (χ1) is 5.04. The molecule has 0 bridgehead atoms. The van der Waals surface area contributed by atoms with Gasteiger partial charge >= 0.3 is 0 Å². The second-order valence-corrected chi connectivity index (χ2v) is 3.73. The van der Waals surface area contributed by atoms with Gasteiger partial charge in [-0.2, -0.15) is 0 Å². The number of hydrogen-bond acceptors (Lipinski definition) is 2. The highest BCUT2D eigenvalue weighted by molar-refractivity contribution is 4.75. The zero-order valence-corrected chi connectivity index (χ0v) is 8.05. The molecule has 0 aromatic rings. The van der Waals surface area contributed by atoms with Crippen LogP contribution in [0.4, 0.5) is 0 Å². The van der Waals surface area contributed by atoms with Crippen molar-refractivity contribution >= 4 is 0 Å². The Morgan fingerprint density at radius 2 is 2.00 bits per heavy atom. The SMILES string of the molecule is COC(C)(CCO)CC(C)C. The van der Waals surface area contributed by atoms with Crippen molar-refractivity contribution in [2.75, 3.05) is 13.7 Å². The van der Waals surface area contributed by atoms with Crippen LogP contribution in [0, 0.1) is 5.92 Å². The van der Waals surface area contributed by atoms with E-state index in [-0.39, 0.29) is 12.2 Å². The molecule has 1 atom stereocenters. The van der Waals surface area contributed by atoms with E-state index in [1.807, 2.05) is 6.92 Å². The molecule has 0 aliphatic carbocycles. The second-order valence-electron chi connectivity index (χ2n) is 3.73. The van der Waals surface area contributed by atoms with E-state index in [2.05, 4.69) is 13.8 Å². The predicted octanol–water partition coefficient (Wildman–Crippen LogP) is 1.82. The lowest BCUT2D eigenvalue weighted by Gasteiger charge is -2.29. The highest BCUT2D eigenvalue weighted by Gasteiger charge is 2.23. The van der Waals surface area contributed by atoms with E-state index in [0.29, 0.717) is 5.92 Å². The minimum atomic E-state index is -0.136. The zero-order valence-electron chi connectivity index (χ0n) is 8.05. The summed E-state index contributed by atoms with van der Waals surface area (Å²) in [4.78, 5) is 0. The minimum absolute atomic E-state index is 0.136. The fourth-order valence-electron chi connectivity index (χ4n) is 1.39. The predicted molar refractivity (Wildman–Crippen MR) is 46.6 cm³/mol. The van der Waals surface area contributed by atoms with Crippen LogP contribution in [-0.4, -0.2) is 24.4 Å². The molecule has 0 saturated heterocycles. The van der Waals surface area contributed by atoms with Crippen molar-refractivity contribution in [3.63, 3.8) is 0 Å². The van der Waals surface area contributed by atoms with Crippen molar-refractivity contribution in [3.05, 3.63) is 0 Å². The smallest absolute Gasteiger partial charge is 0.0675 e. The first-order valence-electron chi connectivity index (χ1n) is 4.20. The zero-order chi connectivity index (χ0) is 8.91. The van der Waals surface area contributed by atoms with Gasteiger partial charge in [0, 0.05) is 13.7 Å². The molecule has 0 aliphatic rings. The van der Waals surface area contributed by atoms with Gasteiger partial charge in [-0.1, -0.05) is 13.8 Å². The normalized spacial score (nSPS) is 16.9.